The molecular formula is C18H21N3O2S. The lowest BCUT2D eigenvalue weighted by molar-refractivity contribution is -0.116. The Labute approximate surface area is 145 Å². The van der Waals surface area contributed by atoms with Gasteiger partial charge in [0.25, 0.3) is 0 Å². The first-order chi connectivity index (χ1) is 11.6. The fourth-order valence-electron chi connectivity index (χ4n) is 2.74. The Morgan fingerprint density at radius 2 is 2.00 bits per heavy atom. The first-order valence-corrected chi connectivity index (χ1v) is 8.96. The minimum absolute atomic E-state index is 0.00457. The van der Waals surface area contributed by atoms with Crippen LogP contribution in [0.1, 0.15) is 17.7 Å². The summed E-state index contributed by atoms with van der Waals surface area (Å²) in [7, 11) is 1.82. The molecule has 24 heavy (non-hydrogen) atoms. The Morgan fingerprint density at radius 1 is 1.21 bits per heavy atom. The maximum absolute atomic E-state index is 12.2. The molecule has 2 aromatic rings. The van der Waals surface area contributed by atoms with E-state index in [0.717, 1.165) is 37.3 Å². The van der Waals surface area contributed by atoms with E-state index in [9.17, 15) is 9.59 Å². The van der Waals surface area contributed by atoms with E-state index < -0.39 is 0 Å². The summed E-state index contributed by atoms with van der Waals surface area (Å²) in [5.74, 6) is 0.00457. The quantitative estimate of drug-likeness (QED) is 0.902. The number of urea groups is 1. The van der Waals surface area contributed by atoms with Gasteiger partial charge >= 0.3 is 6.03 Å². The number of benzene rings is 1. The van der Waals surface area contributed by atoms with Crippen molar-refractivity contribution >= 4 is 34.6 Å². The van der Waals surface area contributed by atoms with E-state index in [4.69, 9.17) is 0 Å². The van der Waals surface area contributed by atoms with E-state index in [1.54, 1.807) is 21.1 Å². The van der Waals surface area contributed by atoms with Crippen molar-refractivity contribution in [2.45, 2.75) is 19.3 Å². The average molecular weight is 343 g/mol. The minimum Gasteiger partial charge on any atom is -0.327 e. The number of carbonyl (C=O) groups is 2. The van der Waals surface area contributed by atoms with Crippen LogP contribution in [0.5, 0.6) is 0 Å². The summed E-state index contributed by atoms with van der Waals surface area (Å²) in [6, 6.07) is 11.5. The average Bonchev–Trinajstić information content (AvgIpc) is 3.10. The molecule has 1 aliphatic rings. The van der Waals surface area contributed by atoms with E-state index >= 15 is 0 Å². The topological polar surface area (TPSA) is 52.6 Å². The molecule has 0 spiro atoms. The Kier molecular flexibility index (Phi) is 5.15. The van der Waals surface area contributed by atoms with Crippen LogP contribution in [0.4, 0.5) is 16.2 Å². The molecule has 0 bridgehead atoms. The number of hydrogen-bond donors (Lipinski definition) is 1. The molecule has 1 saturated heterocycles. The lowest BCUT2D eigenvalue weighted by Gasteiger charge is -2.33. The van der Waals surface area contributed by atoms with Gasteiger partial charge in [-0.15, -0.1) is 11.3 Å². The van der Waals surface area contributed by atoms with Crippen molar-refractivity contribution in [2.24, 2.45) is 0 Å². The highest BCUT2D eigenvalue weighted by atomic mass is 32.1. The van der Waals surface area contributed by atoms with Crippen molar-refractivity contribution in [3.8, 4) is 0 Å². The second-order valence-electron chi connectivity index (χ2n) is 5.88. The van der Waals surface area contributed by atoms with Crippen LogP contribution in [0.15, 0.2) is 41.8 Å². The van der Waals surface area contributed by atoms with Gasteiger partial charge in [-0.05, 0) is 48.6 Å². The number of aryl methyl sites for hydroxylation is 1. The van der Waals surface area contributed by atoms with Crippen molar-refractivity contribution in [2.75, 3.05) is 30.4 Å². The minimum atomic E-state index is 0.00457. The van der Waals surface area contributed by atoms with E-state index in [1.807, 2.05) is 48.8 Å². The Hall–Kier alpha value is -2.34. The van der Waals surface area contributed by atoms with Gasteiger partial charge < -0.3 is 10.2 Å². The van der Waals surface area contributed by atoms with Crippen LogP contribution >= 0.6 is 11.3 Å². The summed E-state index contributed by atoms with van der Waals surface area (Å²) >= 11 is 1.67. The molecule has 126 valence electrons. The van der Waals surface area contributed by atoms with Gasteiger partial charge in [-0.2, -0.15) is 0 Å². The third kappa shape index (κ3) is 3.94. The summed E-state index contributed by atoms with van der Waals surface area (Å²) in [5, 5.41) is 4.93. The Balaban J connectivity index is 1.56. The lowest BCUT2D eigenvalue weighted by Crippen LogP contribution is -2.47. The van der Waals surface area contributed by atoms with Gasteiger partial charge in [-0.25, -0.2) is 4.79 Å². The SMILES string of the molecule is CN1CCCN(c2ccc(NC(=O)CCc3cccs3)cc2)C1=O. The molecule has 3 rings (SSSR count). The molecule has 1 aliphatic heterocycles. The van der Waals surface area contributed by atoms with Gasteiger partial charge in [-0.3, -0.25) is 9.69 Å². The second kappa shape index (κ2) is 7.49. The molecule has 6 heteroatoms. The zero-order valence-corrected chi connectivity index (χ0v) is 14.5. The summed E-state index contributed by atoms with van der Waals surface area (Å²) in [6.45, 7) is 1.53. The van der Waals surface area contributed by atoms with Crippen LogP contribution in [0.2, 0.25) is 0 Å². The van der Waals surface area contributed by atoms with Crippen LogP contribution in [-0.2, 0) is 11.2 Å². The van der Waals surface area contributed by atoms with E-state index in [1.165, 1.54) is 4.88 Å². The highest BCUT2D eigenvalue weighted by Crippen LogP contribution is 2.22. The van der Waals surface area contributed by atoms with Crippen molar-refractivity contribution in [1.29, 1.82) is 0 Å². The van der Waals surface area contributed by atoms with Gasteiger partial charge in [0.15, 0.2) is 0 Å². The van der Waals surface area contributed by atoms with Crippen LogP contribution in [0.25, 0.3) is 0 Å². The molecule has 1 fully saturated rings. The normalized spacial score (nSPS) is 14.8. The zero-order chi connectivity index (χ0) is 16.9. The first-order valence-electron chi connectivity index (χ1n) is 8.08. The van der Waals surface area contributed by atoms with Gasteiger partial charge in [0.2, 0.25) is 5.91 Å². The number of nitrogens with zero attached hydrogens (tertiary/aromatic N) is 2. The molecule has 0 atom stereocenters. The number of anilines is 2. The fraction of sp³-hybridized carbons (Fsp3) is 0.333. The largest absolute Gasteiger partial charge is 0.327 e. The van der Waals surface area contributed by atoms with Crippen molar-refractivity contribution < 1.29 is 9.59 Å². The van der Waals surface area contributed by atoms with Crippen LogP contribution in [0, 0.1) is 0 Å². The summed E-state index contributed by atoms with van der Waals surface area (Å²) in [6.07, 6.45) is 2.19. The number of carbonyl (C=O) groups excluding carboxylic acids is 2. The monoisotopic (exact) mass is 343 g/mol. The molecule has 0 aliphatic carbocycles. The van der Waals surface area contributed by atoms with Gasteiger partial charge in [0, 0.05) is 42.8 Å². The van der Waals surface area contributed by atoms with Crippen molar-refractivity contribution in [3.63, 3.8) is 0 Å². The maximum atomic E-state index is 12.2. The zero-order valence-electron chi connectivity index (χ0n) is 13.7. The molecule has 1 aromatic carbocycles. The molecule has 5 nitrogen and oxygen atoms in total. The number of thiophene rings is 1. The Bertz CT molecular complexity index is 698. The molecular weight excluding hydrogens is 322 g/mol. The molecule has 0 radical (unpaired) electrons. The third-order valence-corrected chi connectivity index (χ3v) is 5.01. The van der Waals surface area contributed by atoms with Gasteiger partial charge in [0.05, 0.1) is 0 Å². The van der Waals surface area contributed by atoms with E-state index in [2.05, 4.69) is 5.32 Å². The molecule has 1 aromatic heterocycles. The lowest BCUT2D eigenvalue weighted by atomic mass is 10.2. The molecule has 1 N–H and O–H groups in total. The number of amides is 3. The standard InChI is InChI=1S/C18H21N3O2S/c1-20-11-3-12-21(18(20)23)15-7-5-14(6-8-15)19-17(22)10-9-16-4-2-13-24-16/h2,4-8,13H,3,9-12H2,1H3,(H,19,22). The third-order valence-electron chi connectivity index (χ3n) is 4.07. The van der Waals surface area contributed by atoms with E-state index in [-0.39, 0.29) is 11.9 Å². The molecule has 0 saturated carbocycles. The second-order valence-corrected chi connectivity index (χ2v) is 6.92. The highest BCUT2D eigenvalue weighted by molar-refractivity contribution is 7.09. The van der Waals surface area contributed by atoms with Crippen molar-refractivity contribution in [1.82, 2.24) is 4.90 Å². The number of nitrogens with one attached hydrogen (secondary N) is 1. The summed E-state index contributed by atoms with van der Waals surface area (Å²) in [5.41, 5.74) is 1.62. The first kappa shape index (κ1) is 16.5. The smallest absolute Gasteiger partial charge is 0.324 e. The predicted octanol–water partition coefficient (Wildman–Crippen LogP) is 3.58. The summed E-state index contributed by atoms with van der Waals surface area (Å²) in [4.78, 5) is 28.9. The van der Waals surface area contributed by atoms with Gasteiger partial charge in [0.1, 0.15) is 0 Å². The maximum Gasteiger partial charge on any atom is 0.324 e. The predicted molar refractivity (Wildman–Crippen MR) is 97.7 cm³/mol. The van der Waals surface area contributed by atoms with Crippen LogP contribution in [-0.4, -0.2) is 37.0 Å². The van der Waals surface area contributed by atoms with Crippen molar-refractivity contribution in [3.05, 3.63) is 46.7 Å². The molecule has 3 amide bonds. The number of hydrogen-bond acceptors (Lipinski definition) is 3. The number of rotatable bonds is 5. The molecule has 0 unspecified atom stereocenters. The fourth-order valence-corrected chi connectivity index (χ4v) is 3.45. The Morgan fingerprint density at radius 3 is 2.71 bits per heavy atom. The van der Waals surface area contributed by atoms with Crippen LogP contribution < -0.4 is 10.2 Å². The van der Waals surface area contributed by atoms with Crippen LogP contribution in [0.3, 0.4) is 0 Å². The van der Waals surface area contributed by atoms with E-state index in [0.29, 0.717) is 6.42 Å². The molecule has 2 heterocycles. The summed E-state index contributed by atoms with van der Waals surface area (Å²) < 4.78 is 0. The van der Waals surface area contributed by atoms with Gasteiger partial charge in [-0.1, -0.05) is 6.07 Å². The highest BCUT2D eigenvalue weighted by Gasteiger charge is 2.23.